The Bertz CT molecular complexity index is 550. The van der Waals surface area contributed by atoms with E-state index in [2.05, 4.69) is 26.5 Å². The molecule has 0 aliphatic heterocycles. The number of nitrogens with one attached hydrogen (secondary N) is 1. The third-order valence-corrected chi connectivity index (χ3v) is 2.92. The fourth-order valence-electron chi connectivity index (χ4n) is 1.35. The molecule has 0 saturated heterocycles. The van der Waals surface area contributed by atoms with E-state index in [1.54, 1.807) is 4.68 Å². The molecule has 0 amide bonds. The van der Waals surface area contributed by atoms with Crippen molar-refractivity contribution in [2.45, 2.75) is 6.54 Å². The minimum absolute atomic E-state index is 0.121. The van der Waals surface area contributed by atoms with Crippen LogP contribution in [-0.4, -0.2) is 26.2 Å². The molecular formula is C10H11BrN4O2. The molecule has 0 spiro atoms. The van der Waals surface area contributed by atoms with Gasteiger partial charge in [-0.15, -0.1) is 0 Å². The molecule has 0 radical (unpaired) electrons. The largest absolute Gasteiger partial charge is 0.394 e. The molecule has 90 valence electrons. The summed E-state index contributed by atoms with van der Waals surface area (Å²) < 4.78 is 3.29. The second kappa shape index (κ2) is 5.15. The van der Waals surface area contributed by atoms with Crippen LogP contribution in [0.15, 0.2) is 40.0 Å². The summed E-state index contributed by atoms with van der Waals surface area (Å²) in [6.07, 6.45) is 5.15. The maximum Gasteiger partial charge on any atom is 0.283 e. The van der Waals surface area contributed by atoms with Gasteiger partial charge >= 0.3 is 0 Å². The Morgan fingerprint density at radius 3 is 2.76 bits per heavy atom. The molecule has 0 aromatic carbocycles. The van der Waals surface area contributed by atoms with Crippen LogP contribution in [0.2, 0.25) is 0 Å². The second-order valence-corrected chi connectivity index (χ2v) is 4.12. The Morgan fingerprint density at radius 1 is 1.41 bits per heavy atom. The van der Waals surface area contributed by atoms with Crippen LogP contribution in [-0.2, 0) is 6.54 Å². The Kier molecular flexibility index (Phi) is 3.60. The third-order valence-electron chi connectivity index (χ3n) is 2.15. The highest BCUT2D eigenvalue weighted by molar-refractivity contribution is 9.10. The Hall–Kier alpha value is -1.60. The van der Waals surface area contributed by atoms with E-state index in [4.69, 9.17) is 5.11 Å². The zero-order chi connectivity index (χ0) is 12.3. The zero-order valence-corrected chi connectivity index (χ0v) is 10.5. The summed E-state index contributed by atoms with van der Waals surface area (Å²) in [6, 6.07) is 3.72. The number of hydrogen-bond donors (Lipinski definition) is 2. The van der Waals surface area contributed by atoms with Gasteiger partial charge in [-0.2, -0.15) is 5.10 Å². The summed E-state index contributed by atoms with van der Waals surface area (Å²) in [7, 11) is 0. The molecule has 0 aliphatic rings. The molecule has 2 heterocycles. The minimum Gasteiger partial charge on any atom is -0.394 e. The van der Waals surface area contributed by atoms with E-state index in [0.717, 1.165) is 0 Å². The molecule has 2 rings (SSSR count). The SMILES string of the molecule is O=c1c(Br)c(Nn2cccc2)cnn1CCO. The zero-order valence-electron chi connectivity index (χ0n) is 8.88. The molecule has 0 unspecified atom stereocenters. The summed E-state index contributed by atoms with van der Waals surface area (Å²) in [4.78, 5) is 11.8. The highest BCUT2D eigenvalue weighted by atomic mass is 79.9. The van der Waals surface area contributed by atoms with Gasteiger partial charge in [0.1, 0.15) is 4.47 Å². The predicted octanol–water partition coefficient (Wildman–Crippen LogP) is 0.675. The van der Waals surface area contributed by atoms with E-state index in [9.17, 15) is 4.79 Å². The highest BCUT2D eigenvalue weighted by Crippen LogP contribution is 2.16. The molecule has 0 atom stereocenters. The fourth-order valence-corrected chi connectivity index (χ4v) is 1.74. The number of aromatic nitrogens is 3. The average Bonchev–Trinajstić information content (AvgIpc) is 2.82. The Balaban J connectivity index is 2.31. The number of rotatable bonds is 4. The van der Waals surface area contributed by atoms with Crippen molar-refractivity contribution in [1.82, 2.24) is 14.5 Å². The van der Waals surface area contributed by atoms with Crippen molar-refractivity contribution in [3.63, 3.8) is 0 Å². The quantitative estimate of drug-likeness (QED) is 0.870. The van der Waals surface area contributed by atoms with Crippen LogP contribution < -0.4 is 11.0 Å². The van der Waals surface area contributed by atoms with E-state index >= 15 is 0 Å². The number of nitrogens with zero attached hydrogens (tertiary/aromatic N) is 3. The summed E-state index contributed by atoms with van der Waals surface area (Å²) in [5.41, 5.74) is 3.28. The predicted molar refractivity (Wildman–Crippen MR) is 66.7 cm³/mol. The van der Waals surface area contributed by atoms with Crippen LogP contribution in [0.1, 0.15) is 0 Å². The number of hydrogen-bond acceptors (Lipinski definition) is 4. The van der Waals surface area contributed by atoms with Gasteiger partial charge in [-0.1, -0.05) is 0 Å². The van der Waals surface area contributed by atoms with Crippen molar-refractivity contribution in [3.8, 4) is 0 Å². The monoisotopic (exact) mass is 298 g/mol. The van der Waals surface area contributed by atoms with Crippen molar-refractivity contribution in [3.05, 3.63) is 45.5 Å². The van der Waals surface area contributed by atoms with E-state index in [0.29, 0.717) is 10.2 Å². The smallest absolute Gasteiger partial charge is 0.283 e. The number of halogens is 1. The standard InChI is InChI=1S/C10H11BrN4O2/c11-9-8(13-14-3-1-2-4-14)7-12-15(5-6-16)10(9)17/h1-4,7,13,16H,5-6H2. The van der Waals surface area contributed by atoms with E-state index < -0.39 is 0 Å². The van der Waals surface area contributed by atoms with Gasteiger partial charge in [0.25, 0.3) is 5.56 Å². The van der Waals surface area contributed by atoms with Crippen LogP contribution in [0.3, 0.4) is 0 Å². The van der Waals surface area contributed by atoms with Crippen molar-refractivity contribution in [1.29, 1.82) is 0 Å². The lowest BCUT2D eigenvalue weighted by Crippen LogP contribution is -2.26. The number of aliphatic hydroxyl groups excluding tert-OH is 1. The first-order chi connectivity index (χ1) is 8.22. The number of aliphatic hydroxyl groups is 1. The summed E-state index contributed by atoms with van der Waals surface area (Å²) >= 11 is 3.22. The first-order valence-electron chi connectivity index (χ1n) is 4.99. The van der Waals surface area contributed by atoms with E-state index in [1.807, 2.05) is 24.5 Å². The van der Waals surface area contributed by atoms with Crippen LogP contribution in [0.4, 0.5) is 5.69 Å². The molecule has 0 saturated carbocycles. The van der Waals surface area contributed by atoms with Crippen LogP contribution in [0, 0.1) is 0 Å². The molecule has 17 heavy (non-hydrogen) atoms. The molecule has 2 aromatic heterocycles. The van der Waals surface area contributed by atoms with Crippen molar-refractivity contribution in [2.24, 2.45) is 0 Å². The van der Waals surface area contributed by atoms with Crippen LogP contribution >= 0.6 is 15.9 Å². The molecule has 2 aromatic rings. The average molecular weight is 299 g/mol. The van der Waals surface area contributed by atoms with Crippen molar-refractivity contribution in [2.75, 3.05) is 12.0 Å². The van der Waals surface area contributed by atoms with E-state index in [-0.39, 0.29) is 18.7 Å². The molecule has 0 fully saturated rings. The molecule has 0 bridgehead atoms. The molecular weight excluding hydrogens is 288 g/mol. The van der Waals surface area contributed by atoms with Gasteiger partial charge in [0.15, 0.2) is 0 Å². The normalized spacial score (nSPS) is 10.5. The summed E-state index contributed by atoms with van der Waals surface area (Å²) in [6.45, 7) is 0.0605. The first-order valence-corrected chi connectivity index (χ1v) is 5.78. The minimum atomic E-state index is -0.281. The summed E-state index contributed by atoms with van der Waals surface area (Å²) in [5.74, 6) is 0. The molecule has 6 nitrogen and oxygen atoms in total. The van der Waals surface area contributed by atoms with Gasteiger partial charge in [0, 0.05) is 12.4 Å². The second-order valence-electron chi connectivity index (χ2n) is 3.33. The lowest BCUT2D eigenvalue weighted by atomic mass is 10.5. The first kappa shape index (κ1) is 11.9. The lowest BCUT2D eigenvalue weighted by Gasteiger charge is -2.10. The third kappa shape index (κ3) is 2.56. The number of anilines is 1. The Labute approximate surface area is 106 Å². The maximum absolute atomic E-state index is 11.8. The Morgan fingerprint density at radius 2 is 2.12 bits per heavy atom. The summed E-state index contributed by atoms with van der Waals surface area (Å²) in [5, 5.41) is 12.7. The van der Waals surface area contributed by atoms with Crippen LogP contribution in [0.5, 0.6) is 0 Å². The van der Waals surface area contributed by atoms with Gasteiger partial charge < -0.3 is 5.11 Å². The van der Waals surface area contributed by atoms with Crippen LogP contribution in [0.25, 0.3) is 0 Å². The highest BCUT2D eigenvalue weighted by Gasteiger charge is 2.08. The fraction of sp³-hybridized carbons (Fsp3) is 0.200. The van der Waals surface area contributed by atoms with Crippen molar-refractivity contribution < 1.29 is 5.11 Å². The molecule has 7 heteroatoms. The lowest BCUT2D eigenvalue weighted by molar-refractivity contribution is 0.266. The van der Waals surface area contributed by atoms with Gasteiger partial charge in [0.2, 0.25) is 0 Å². The van der Waals surface area contributed by atoms with Gasteiger partial charge in [-0.25, -0.2) is 4.68 Å². The molecule has 2 N–H and O–H groups in total. The topological polar surface area (TPSA) is 72.1 Å². The molecule has 0 aliphatic carbocycles. The van der Waals surface area contributed by atoms with Gasteiger partial charge in [0.05, 0.1) is 25.0 Å². The maximum atomic E-state index is 11.8. The van der Waals surface area contributed by atoms with Gasteiger partial charge in [-0.05, 0) is 28.1 Å². The van der Waals surface area contributed by atoms with Crippen molar-refractivity contribution >= 4 is 21.6 Å². The van der Waals surface area contributed by atoms with Gasteiger partial charge in [-0.3, -0.25) is 14.9 Å². The van der Waals surface area contributed by atoms with E-state index in [1.165, 1.54) is 10.9 Å².